The molecule has 0 saturated heterocycles. The van der Waals surface area contributed by atoms with Crippen molar-refractivity contribution in [3.05, 3.63) is 17.2 Å². The Balaban J connectivity index is 1.83. The molecule has 1 fully saturated rings. The van der Waals surface area contributed by atoms with Crippen LogP contribution in [-0.2, 0) is 13.6 Å². The van der Waals surface area contributed by atoms with Crippen LogP contribution in [0.1, 0.15) is 25.6 Å². The van der Waals surface area contributed by atoms with Gasteiger partial charge in [0.2, 0.25) is 0 Å². The molecular weight excluding hydrogens is 198 g/mol. The molecule has 0 aromatic carbocycles. The third-order valence-corrected chi connectivity index (χ3v) is 3.30. The summed E-state index contributed by atoms with van der Waals surface area (Å²) in [6.07, 6.45) is 4.28. The van der Waals surface area contributed by atoms with Crippen LogP contribution in [-0.4, -0.2) is 15.6 Å². The molecule has 78 valence electrons. The number of halogens is 1. The Labute approximate surface area is 89.5 Å². The molecule has 3 nitrogen and oxygen atoms in total. The van der Waals surface area contributed by atoms with Gasteiger partial charge in [-0.3, -0.25) is 0 Å². The van der Waals surface area contributed by atoms with Gasteiger partial charge in [-0.25, -0.2) is 4.98 Å². The van der Waals surface area contributed by atoms with E-state index in [1.165, 1.54) is 12.8 Å². The van der Waals surface area contributed by atoms with Crippen LogP contribution in [0.5, 0.6) is 0 Å². The summed E-state index contributed by atoms with van der Waals surface area (Å²) in [6.45, 7) is 3.11. The van der Waals surface area contributed by atoms with Crippen molar-refractivity contribution in [3.8, 4) is 0 Å². The van der Waals surface area contributed by atoms with Gasteiger partial charge in [0.05, 0.1) is 12.7 Å². The molecule has 1 aliphatic carbocycles. The monoisotopic (exact) mass is 213 g/mol. The summed E-state index contributed by atoms with van der Waals surface area (Å²) in [6, 6.07) is 0.681. The SMILES string of the molecule is CC1CC(NCc2ncc(Cl)n2C)C1. The van der Waals surface area contributed by atoms with Gasteiger partial charge in [-0.1, -0.05) is 18.5 Å². The maximum Gasteiger partial charge on any atom is 0.128 e. The minimum Gasteiger partial charge on any atom is -0.321 e. The summed E-state index contributed by atoms with van der Waals surface area (Å²) in [5, 5.41) is 4.18. The summed E-state index contributed by atoms with van der Waals surface area (Å²) < 4.78 is 1.91. The Morgan fingerprint density at radius 3 is 2.86 bits per heavy atom. The molecule has 4 heteroatoms. The van der Waals surface area contributed by atoms with Gasteiger partial charge >= 0.3 is 0 Å². The maximum absolute atomic E-state index is 5.89. The number of nitrogens with one attached hydrogen (secondary N) is 1. The zero-order valence-corrected chi connectivity index (χ0v) is 9.38. The van der Waals surface area contributed by atoms with E-state index in [-0.39, 0.29) is 0 Å². The Hall–Kier alpha value is -0.540. The number of hydrogen-bond donors (Lipinski definition) is 1. The summed E-state index contributed by atoms with van der Waals surface area (Å²) in [4.78, 5) is 4.23. The highest BCUT2D eigenvalue weighted by Crippen LogP contribution is 2.26. The molecule has 0 unspecified atom stereocenters. The zero-order valence-electron chi connectivity index (χ0n) is 8.63. The predicted molar refractivity (Wildman–Crippen MR) is 57.2 cm³/mol. The lowest BCUT2D eigenvalue weighted by atomic mass is 9.82. The molecule has 0 radical (unpaired) electrons. The Kier molecular flexibility index (Phi) is 2.79. The molecule has 0 bridgehead atoms. The highest BCUT2D eigenvalue weighted by atomic mass is 35.5. The van der Waals surface area contributed by atoms with E-state index in [4.69, 9.17) is 11.6 Å². The maximum atomic E-state index is 5.89. The zero-order chi connectivity index (χ0) is 10.1. The summed E-state index contributed by atoms with van der Waals surface area (Å²) in [5.74, 6) is 1.90. The Bertz CT molecular complexity index is 315. The van der Waals surface area contributed by atoms with Crippen LogP contribution in [0.4, 0.5) is 0 Å². The first-order valence-electron chi connectivity index (χ1n) is 5.06. The second-order valence-electron chi connectivity index (χ2n) is 4.21. The third kappa shape index (κ3) is 1.93. The van der Waals surface area contributed by atoms with E-state index in [0.717, 1.165) is 18.3 Å². The van der Waals surface area contributed by atoms with Gasteiger partial charge in [0.25, 0.3) is 0 Å². The standard InChI is InChI=1S/C10H16ClN3/c1-7-3-8(4-7)12-6-10-13-5-9(11)14(10)2/h5,7-8,12H,3-4,6H2,1-2H3. The average Bonchev–Trinajstić information content (AvgIpc) is 2.41. The first-order valence-corrected chi connectivity index (χ1v) is 5.44. The molecule has 14 heavy (non-hydrogen) atoms. The normalized spacial score (nSPS) is 26.2. The lowest BCUT2D eigenvalue weighted by Gasteiger charge is -2.33. The second kappa shape index (κ2) is 3.91. The molecule has 1 aromatic rings. The van der Waals surface area contributed by atoms with Crippen LogP contribution >= 0.6 is 11.6 Å². The van der Waals surface area contributed by atoms with Gasteiger partial charge < -0.3 is 9.88 Å². The van der Waals surface area contributed by atoms with E-state index in [2.05, 4.69) is 17.2 Å². The highest BCUT2D eigenvalue weighted by Gasteiger charge is 2.24. The first kappa shape index (κ1) is 9.99. The van der Waals surface area contributed by atoms with Crippen molar-refractivity contribution in [2.45, 2.75) is 32.4 Å². The number of aromatic nitrogens is 2. The topological polar surface area (TPSA) is 29.9 Å². The van der Waals surface area contributed by atoms with E-state index < -0.39 is 0 Å². The smallest absolute Gasteiger partial charge is 0.128 e. The van der Waals surface area contributed by atoms with E-state index in [9.17, 15) is 0 Å². The fourth-order valence-corrected chi connectivity index (χ4v) is 2.04. The molecule has 2 rings (SSSR count). The molecule has 0 spiro atoms. The molecule has 1 aliphatic rings. The minimum atomic E-state index is 0.681. The van der Waals surface area contributed by atoms with Crippen LogP contribution in [0.15, 0.2) is 6.20 Å². The lowest BCUT2D eigenvalue weighted by Crippen LogP contribution is -2.40. The van der Waals surface area contributed by atoms with Crippen molar-refractivity contribution in [1.82, 2.24) is 14.9 Å². The van der Waals surface area contributed by atoms with E-state index in [0.29, 0.717) is 11.2 Å². The van der Waals surface area contributed by atoms with E-state index in [1.54, 1.807) is 6.20 Å². The molecular formula is C10H16ClN3. The number of rotatable bonds is 3. The van der Waals surface area contributed by atoms with Crippen LogP contribution < -0.4 is 5.32 Å². The molecule has 0 aliphatic heterocycles. The van der Waals surface area contributed by atoms with Crippen molar-refractivity contribution < 1.29 is 0 Å². The van der Waals surface area contributed by atoms with Crippen LogP contribution in [0.3, 0.4) is 0 Å². The fraction of sp³-hybridized carbons (Fsp3) is 0.700. The van der Waals surface area contributed by atoms with E-state index >= 15 is 0 Å². The van der Waals surface area contributed by atoms with Crippen LogP contribution in [0.25, 0.3) is 0 Å². The minimum absolute atomic E-state index is 0.681. The van der Waals surface area contributed by atoms with Crippen LogP contribution in [0.2, 0.25) is 5.15 Å². The van der Waals surface area contributed by atoms with Crippen molar-refractivity contribution >= 4 is 11.6 Å². The van der Waals surface area contributed by atoms with E-state index in [1.807, 2.05) is 11.6 Å². The molecule has 1 saturated carbocycles. The predicted octanol–water partition coefficient (Wildman–Crippen LogP) is 1.96. The average molecular weight is 214 g/mol. The molecule has 1 aromatic heterocycles. The Morgan fingerprint density at radius 2 is 2.36 bits per heavy atom. The van der Waals surface area contributed by atoms with Gasteiger partial charge in [0.1, 0.15) is 11.0 Å². The first-order chi connectivity index (χ1) is 6.66. The second-order valence-corrected chi connectivity index (χ2v) is 4.60. The van der Waals surface area contributed by atoms with Gasteiger partial charge in [0, 0.05) is 13.1 Å². The van der Waals surface area contributed by atoms with Crippen molar-refractivity contribution in [2.75, 3.05) is 0 Å². The summed E-state index contributed by atoms with van der Waals surface area (Å²) >= 11 is 5.89. The summed E-state index contributed by atoms with van der Waals surface area (Å²) in [7, 11) is 1.94. The third-order valence-electron chi connectivity index (χ3n) is 2.95. The van der Waals surface area contributed by atoms with Crippen molar-refractivity contribution in [2.24, 2.45) is 13.0 Å². The largest absolute Gasteiger partial charge is 0.321 e. The summed E-state index contributed by atoms with van der Waals surface area (Å²) in [5.41, 5.74) is 0. The van der Waals surface area contributed by atoms with Gasteiger partial charge in [-0.05, 0) is 18.8 Å². The van der Waals surface area contributed by atoms with Crippen molar-refractivity contribution in [3.63, 3.8) is 0 Å². The van der Waals surface area contributed by atoms with Gasteiger partial charge in [-0.2, -0.15) is 0 Å². The molecule has 1 N–H and O–H groups in total. The number of hydrogen-bond acceptors (Lipinski definition) is 2. The van der Waals surface area contributed by atoms with Crippen molar-refractivity contribution in [1.29, 1.82) is 0 Å². The lowest BCUT2D eigenvalue weighted by molar-refractivity contribution is 0.238. The molecule has 1 heterocycles. The van der Waals surface area contributed by atoms with Crippen LogP contribution in [0, 0.1) is 5.92 Å². The Morgan fingerprint density at radius 1 is 1.64 bits per heavy atom. The molecule has 0 atom stereocenters. The quantitative estimate of drug-likeness (QED) is 0.832. The highest BCUT2D eigenvalue weighted by molar-refractivity contribution is 6.29. The van der Waals surface area contributed by atoms with Gasteiger partial charge in [-0.15, -0.1) is 0 Å². The van der Waals surface area contributed by atoms with Gasteiger partial charge in [0.15, 0.2) is 0 Å². The fourth-order valence-electron chi connectivity index (χ4n) is 1.89. The number of nitrogens with zero attached hydrogens (tertiary/aromatic N) is 2. The number of imidazole rings is 1. The molecule has 0 amide bonds.